The first-order valence-electron chi connectivity index (χ1n) is 11.8. The van der Waals surface area contributed by atoms with Crippen LogP contribution in [0.15, 0.2) is 91.3 Å². The fraction of sp³-hybridized carbons (Fsp3) is 0.185. The van der Waals surface area contributed by atoms with Crippen molar-refractivity contribution >= 4 is 23.0 Å². The van der Waals surface area contributed by atoms with Crippen LogP contribution in [0.1, 0.15) is 5.56 Å². The average molecular weight is 483 g/mol. The number of aromatic nitrogens is 2. The number of para-hydroxylation sites is 1. The van der Waals surface area contributed by atoms with E-state index in [4.69, 9.17) is 4.74 Å². The Morgan fingerprint density at radius 3 is 2.14 bits per heavy atom. The highest BCUT2D eigenvalue weighted by Gasteiger charge is 2.29. The minimum Gasteiger partial charge on any atom is -0.457 e. The van der Waals surface area contributed by atoms with Crippen molar-refractivity contribution in [3.63, 3.8) is 0 Å². The van der Waals surface area contributed by atoms with Gasteiger partial charge < -0.3 is 15.0 Å². The zero-order chi connectivity index (χ0) is 24.7. The molecule has 0 atom stereocenters. The Morgan fingerprint density at radius 2 is 1.47 bits per heavy atom. The molecule has 0 saturated carbocycles. The first-order chi connectivity index (χ1) is 17.7. The summed E-state index contributed by atoms with van der Waals surface area (Å²) in [7, 11) is 0. The first-order valence-corrected chi connectivity index (χ1v) is 11.8. The molecule has 0 unspecified atom stereocenters. The van der Waals surface area contributed by atoms with Gasteiger partial charge in [-0.3, -0.25) is 15.0 Å². The Hall–Kier alpha value is -4.50. The molecule has 0 spiro atoms. The van der Waals surface area contributed by atoms with E-state index in [9.17, 15) is 10.1 Å². The minimum absolute atomic E-state index is 0.126. The van der Waals surface area contributed by atoms with Crippen molar-refractivity contribution < 1.29 is 9.66 Å². The third kappa shape index (κ3) is 5.59. The second-order valence-corrected chi connectivity index (χ2v) is 8.46. The number of benzene rings is 3. The van der Waals surface area contributed by atoms with Crippen LogP contribution in [-0.4, -0.2) is 46.0 Å². The van der Waals surface area contributed by atoms with Gasteiger partial charge >= 0.3 is 5.69 Å². The quantitative estimate of drug-likeness (QED) is 0.269. The highest BCUT2D eigenvalue weighted by atomic mass is 16.6. The average Bonchev–Trinajstić information content (AvgIpc) is 2.91. The lowest BCUT2D eigenvalue weighted by Crippen LogP contribution is -2.46. The number of hydrogen-bond acceptors (Lipinski definition) is 8. The first kappa shape index (κ1) is 23.3. The summed E-state index contributed by atoms with van der Waals surface area (Å²) < 4.78 is 5.82. The van der Waals surface area contributed by atoms with Crippen LogP contribution in [0.4, 0.5) is 23.0 Å². The molecule has 9 nitrogen and oxygen atoms in total. The fourth-order valence-corrected chi connectivity index (χ4v) is 4.19. The monoisotopic (exact) mass is 482 g/mol. The molecular formula is C27H26N6O3. The van der Waals surface area contributed by atoms with Crippen molar-refractivity contribution in [1.29, 1.82) is 0 Å². The summed E-state index contributed by atoms with van der Waals surface area (Å²) in [6.07, 6.45) is 1.37. The highest BCUT2D eigenvalue weighted by Crippen LogP contribution is 2.34. The Bertz CT molecular complexity index is 1290. The van der Waals surface area contributed by atoms with Crippen LogP contribution in [0, 0.1) is 10.1 Å². The van der Waals surface area contributed by atoms with E-state index in [0.29, 0.717) is 30.3 Å². The molecular weight excluding hydrogens is 456 g/mol. The van der Waals surface area contributed by atoms with E-state index >= 15 is 0 Å². The summed E-state index contributed by atoms with van der Waals surface area (Å²) in [5.74, 6) is 1.89. The molecule has 0 bridgehead atoms. The van der Waals surface area contributed by atoms with Crippen LogP contribution in [0.3, 0.4) is 0 Å². The van der Waals surface area contributed by atoms with Crippen molar-refractivity contribution in [2.75, 3.05) is 36.4 Å². The number of ether oxygens (including phenoxy) is 1. The maximum Gasteiger partial charge on any atom is 0.353 e. The summed E-state index contributed by atoms with van der Waals surface area (Å²) in [4.78, 5) is 24.4. The topological polar surface area (TPSA) is 96.7 Å². The summed E-state index contributed by atoms with van der Waals surface area (Å²) in [6.45, 7) is 3.74. The van der Waals surface area contributed by atoms with Crippen molar-refractivity contribution in [2.45, 2.75) is 6.54 Å². The number of nitro groups is 1. The van der Waals surface area contributed by atoms with E-state index in [-0.39, 0.29) is 11.5 Å². The molecule has 1 saturated heterocycles. The van der Waals surface area contributed by atoms with E-state index in [1.807, 2.05) is 53.4 Å². The van der Waals surface area contributed by atoms with Crippen molar-refractivity contribution in [2.24, 2.45) is 0 Å². The summed E-state index contributed by atoms with van der Waals surface area (Å²) in [5, 5.41) is 15.1. The lowest BCUT2D eigenvalue weighted by molar-refractivity contribution is -0.383. The molecule has 1 fully saturated rings. The van der Waals surface area contributed by atoms with Crippen molar-refractivity contribution in [3.8, 4) is 11.5 Å². The molecule has 36 heavy (non-hydrogen) atoms. The molecule has 4 aromatic rings. The van der Waals surface area contributed by atoms with E-state index in [2.05, 4.69) is 32.3 Å². The van der Waals surface area contributed by atoms with E-state index in [1.165, 1.54) is 11.9 Å². The molecule has 0 aliphatic carbocycles. The lowest BCUT2D eigenvalue weighted by atomic mass is 10.2. The van der Waals surface area contributed by atoms with E-state index in [0.717, 1.165) is 25.4 Å². The van der Waals surface area contributed by atoms with Gasteiger partial charge in [0.2, 0.25) is 11.6 Å². The number of nitrogens with zero attached hydrogens (tertiary/aromatic N) is 5. The van der Waals surface area contributed by atoms with Gasteiger partial charge in [0.15, 0.2) is 0 Å². The summed E-state index contributed by atoms with van der Waals surface area (Å²) >= 11 is 0. The summed E-state index contributed by atoms with van der Waals surface area (Å²) in [6, 6.07) is 27.0. The highest BCUT2D eigenvalue weighted by molar-refractivity contribution is 5.74. The predicted octanol–water partition coefficient (Wildman–Crippen LogP) is 5.24. The van der Waals surface area contributed by atoms with Gasteiger partial charge in [0.1, 0.15) is 17.8 Å². The van der Waals surface area contributed by atoms with Crippen molar-refractivity contribution in [1.82, 2.24) is 14.9 Å². The molecule has 0 radical (unpaired) electrons. The normalized spacial score (nSPS) is 13.8. The molecule has 5 rings (SSSR count). The van der Waals surface area contributed by atoms with E-state index in [1.54, 1.807) is 24.3 Å². The summed E-state index contributed by atoms with van der Waals surface area (Å²) in [5.41, 5.74) is 1.79. The molecule has 9 heteroatoms. The Balaban J connectivity index is 1.27. The number of piperazine rings is 1. The molecule has 1 aliphatic rings. The van der Waals surface area contributed by atoms with Gasteiger partial charge in [-0.1, -0.05) is 48.5 Å². The molecule has 0 amide bonds. The molecule has 1 aromatic heterocycles. The minimum atomic E-state index is -0.416. The SMILES string of the molecule is O=[N+]([O-])c1c(Nc2ccc(Oc3ccccc3)cc2)ncnc1N1CCN(Cc2ccccc2)CC1. The molecule has 3 aromatic carbocycles. The van der Waals surface area contributed by atoms with Crippen molar-refractivity contribution in [3.05, 3.63) is 107 Å². The second kappa shape index (κ2) is 10.8. The second-order valence-electron chi connectivity index (χ2n) is 8.46. The Kier molecular flexibility index (Phi) is 7.00. The third-order valence-electron chi connectivity index (χ3n) is 6.00. The van der Waals surface area contributed by atoms with Crippen LogP contribution in [-0.2, 0) is 6.54 Å². The van der Waals surface area contributed by atoms with Crippen LogP contribution in [0.2, 0.25) is 0 Å². The van der Waals surface area contributed by atoms with Gasteiger partial charge in [0.25, 0.3) is 0 Å². The zero-order valence-corrected chi connectivity index (χ0v) is 19.7. The lowest BCUT2D eigenvalue weighted by Gasteiger charge is -2.35. The van der Waals surface area contributed by atoms with Crippen LogP contribution < -0.4 is 15.0 Å². The van der Waals surface area contributed by atoms with Crippen LogP contribution in [0.25, 0.3) is 0 Å². The zero-order valence-electron chi connectivity index (χ0n) is 19.7. The largest absolute Gasteiger partial charge is 0.457 e. The van der Waals surface area contributed by atoms with Crippen LogP contribution in [0.5, 0.6) is 11.5 Å². The molecule has 1 aliphatic heterocycles. The number of nitrogens with one attached hydrogen (secondary N) is 1. The maximum absolute atomic E-state index is 12.1. The van der Waals surface area contributed by atoms with Gasteiger partial charge in [-0.05, 0) is 42.0 Å². The van der Waals surface area contributed by atoms with Gasteiger partial charge in [-0.2, -0.15) is 0 Å². The van der Waals surface area contributed by atoms with Gasteiger partial charge in [0.05, 0.1) is 4.92 Å². The van der Waals surface area contributed by atoms with E-state index < -0.39 is 4.92 Å². The van der Waals surface area contributed by atoms with Gasteiger partial charge in [-0.15, -0.1) is 0 Å². The molecule has 2 heterocycles. The maximum atomic E-state index is 12.1. The van der Waals surface area contributed by atoms with Gasteiger partial charge in [0, 0.05) is 38.4 Å². The smallest absolute Gasteiger partial charge is 0.353 e. The Labute approximate surface area is 209 Å². The number of hydrogen-bond donors (Lipinski definition) is 1. The standard InChI is InChI=1S/C27H26N6O3/c34-33(35)25-26(30-22-11-13-24(14-12-22)36-23-9-5-2-6-10-23)28-20-29-27(25)32-17-15-31(16-18-32)19-21-7-3-1-4-8-21/h1-14,20H,15-19H2,(H,28,29,30). The number of rotatable bonds is 8. The third-order valence-corrected chi connectivity index (χ3v) is 6.00. The van der Waals surface area contributed by atoms with Crippen LogP contribution >= 0.6 is 0 Å². The predicted molar refractivity (Wildman–Crippen MR) is 139 cm³/mol. The fourth-order valence-electron chi connectivity index (χ4n) is 4.19. The molecule has 182 valence electrons. The van der Waals surface area contributed by atoms with Gasteiger partial charge in [-0.25, -0.2) is 9.97 Å². The molecule has 1 N–H and O–H groups in total. The Morgan fingerprint density at radius 1 is 0.833 bits per heavy atom. The number of anilines is 3.